The molecule has 1 aliphatic carbocycles. The van der Waals surface area contributed by atoms with Crippen LogP contribution in [0, 0.1) is 11.8 Å². The predicted octanol–water partition coefficient (Wildman–Crippen LogP) is 5.76. The first-order chi connectivity index (χ1) is 19.6. The fourth-order valence-electron chi connectivity index (χ4n) is 5.88. The van der Waals surface area contributed by atoms with E-state index in [0.29, 0.717) is 22.6 Å². The third-order valence-corrected chi connectivity index (χ3v) is 8.36. The molecule has 1 N–H and O–H groups in total. The van der Waals surface area contributed by atoms with E-state index in [1.54, 1.807) is 0 Å². The summed E-state index contributed by atoms with van der Waals surface area (Å²) in [5.41, 5.74) is 3.33. The Kier molecular flexibility index (Phi) is 8.13. The second kappa shape index (κ2) is 12.2. The number of nitrogens with one attached hydrogen (secondary N) is 1. The Hall–Kier alpha value is -3.66. The molecule has 1 saturated carbocycles. The van der Waals surface area contributed by atoms with Crippen LogP contribution in [-0.2, 0) is 6.42 Å². The zero-order valence-electron chi connectivity index (χ0n) is 22.7. The highest BCUT2D eigenvalue weighted by atomic mass is 35.5. The second-order valence-electron chi connectivity index (χ2n) is 10.8. The van der Waals surface area contributed by atoms with Crippen molar-refractivity contribution >= 4 is 28.6 Å². The number of fused-ring (bicyclic) bond motifs is 1. The highest BCUT2D eigenvalue weighted by molar-refractivity contribution is 6.30. The van der Waals surface area contributed by atoms with E-state index < -0.39 is 0 Å². The molecule has 1 aliphatic heterocycles. The van der Waals surface area contributed by atoms with Crippen molar-refractivity contribution in [2.45, 2.75) is 57.0 Å². The van der Waals surface area contributed by atoms with Crippen LogP contribution in [0.4, 0.5) is 5.95 Å². The van der Waals surface area contributed by atoms with Crippen LogP contribution in [0.3, 0.4) is 0 Å². The molecule has 4 aromatic rings. The van der Waals surface area contributed by atoms with E-state index in [-0.39, 0.29) is 11.6 Å². The summed E-state index contributed by atoms with van der Waals surface area (Å²) >= 11 is 6.01. The molecule has 1 saturated heterocycles. The van der Waals surface area contributed by atoms with E-state index in [0.717, 1.165) is 81.2 Å². The Labute approximate surface area is 240 Å². The summed E-state index contributed by atoms with van der Waals surface area (Å²) < 4.78 is 1.90. The molecule has 7 heteroatoms. The van der Waals surface area contributed by atoms with Gasteiger partial charge in [0.2, 0.25) is 5.95 Å². The van der Waals surface area contributed by atoms with Gasteiger partial charge in [0, 0.05) is 47.3 Å². The average molecular weight is 552 g/mol. The minimum absolute atomic E-state index is 0.0631. The van der Waals surface area contributed by atoms with Gasteiger partial charge in [-0.2, -0.15) is 4.98 Å². The maximum absolute atomic E-state index is 13.7. The summed E-state index contributed by atoms with van der Waals surface area (Å²) in [5.74, 6) is 6.95. The summed E-state index contributed by atoms with van der Waals surface area (Å²) in [5, 5.41) is 5.24. The zero-order valence-corrected chi connectivity index (χ0v) is 23.4. The van der Waals surface area contributed by atoms with E-state index in [4.69, 9.17) is 21.6 Å². The highest BCUT2D eigenvalue weighted by Crippen LogP contribution is 2.31. The van der Waals surface area contributed by atoms with Gasteiger partial charge in [-0.1, -0.05) is 66.6 Å². The number of anilines is 1. The molecular formula is C33H34ClN5O. The first-order valence-electron chi connectivity index (χ1n) is 14.4. The number of halogens is 1. The van der Waals surface area contributed by atoms with E-state index in [9.17, 15) is 4.79 Å². The standard InChI is InChI=1S/C33H34ClN5O/c34-28-14-11-25(12-15-28)10-13-26-22-27-23-36-33(37-31(27)39(32(26)40)30-8-4-5-9-30)38-20-17-29(18-21-38)35-19-16-24-6-2-1-3-7-24/h1-3,6-7,11-12,14-15,22-23,29-30,35H,4-5,8-9,16-21H2. The van der Waals surface area contributed by atoms with Crippen LogP contribution in [0.5, 0.6) is 0 Å². The summed E-state index contributed by atoms with van der Waals surface area (Å²) in [6.07, 6.45) is 9.23. The summed E-state index contributed by atoms with van der Waals surface area (Å²) in [6, 6.07) is 20.5. The summed E-state index contributed by atoms with van der Waals surface area (Å²) in [4.78, 5) is 25.7. The lowest BCUT2D eigenvalue weighted by Gasteiger charge is -2.32. The smallest absolute Gasteiger partial charge is 0.268 e. The lowest BCUT2D eigenvalue weighted by Crippen LogP contribution is -2.43. The molecule has 3 heterocycles. The Morgan fingerprint density at radius 2 is 1.70 bits per heavy atom. The second-order valence-corrected chi connectivity index (χ2v) is 11.3. The molecule has 2 aromatic carbocycles. The van der Waals surface area contributed by atoms with Crippen molar-refractivity contribution in [3.63, 3.8) is 0 Å². The minimum Gasteiger partial charge on any atom is -0.341 e. The van der Waals surface area contributed by atoms with Crippen LogP contribution < -0.4 is 15.8 Å². The van der Waals surface area contributed by atoms with E-state index >= 15 is 0 Å². The van der Waals surface area contributed by atoms with Crippen molar-refractivity contribution in [2.24, 2.45) is 0 Å². The van der Waals surface area contributed by atoms with E-state index in [1.807, 2.05) is 41.1 Å². The largest absolute Gasteiger partial charge is 0.341 e. The van der Waals surface area contributed by atoms with E-state index in [1.165, 1.54) is 5.56 Å². The SMILES string of the molecule is O=c1c(C#Cc2ccc(Cl)cc2)cc2cnc(N3CCC(NCCc4ccccc4)CC3)nc2n1C1CCCC1. The van der Waals surface area contributed by atoms with Crippen molar-refractivity contribution in [3.8, 4) is 11.8 Å². The van der Waals surface area contributed by atoms with Gasteiger partial charge < -0.3 is 10.2 Å². The fourth-order valence-corrected chi connectivity index (χ4v) is 6.00. The van der Waals surface area contributed by atoms with Crippen molar-refractivity contribution < 1.29 is 0 Å². The number of rotatable bonds is 6. The van der Waals surface area contributed by atoms with Gasteiger partial charge in [-0.05, 0) is 74.5 Å². The molecule has 204 valence electrons. The van der Waals surface area contributed by atoms with Crippen molar-refractivity contribution in [1.82, 2.24) is 19.9 Å². The van der Waals surface area contributed by atoms with Gasteiger partial charge in [0.1, 0.15) is 5.65 Å². The Balaban J connectivity index is 1.21. The first-order valence-corrected chi connectivity index (χ1v) is 14.7. The van der Waals surface area contributed by atoms with Gasteiger partial charge in [-0.15, -0.1) is 0 Å². The molecular weight excluding hydrogens is 518 g/mol. The molecule has 2 aliphatic rings. The lowest BCUT2D eigenvalue weighted by molar-refractivity contribution is 0.415. The number of hydrogen-bond donors (Lipinski definition) is 1. The van der Waals surface area contributed by atoms with Gasteiger partial charge >= 0.3 is 0 Å². The molecule has 2 fully saturated rings. The number of nitrogens with zero attached hydrogens (tertiary/aromatic N) is 4. The quantitative estimate of drug-likeness (QED) is 0.309. The summed E-state index contributed by atoms with van der Waals surface area (Å²) in [6.45, 7) is 2.78. The molecule has 0 spiro atoms. The Morgan fingerprint density at radius 1 is 0.950 bits per heavy atom. The van der Waals surface area contributed by atoms with Crippen LogP contribution >= 0.6 is 11.6 Å². The first kappa shape index (κ1) is 26.6. The topological polar surface area (TPSA) is 63.1 Å². The van der Waals surface area contributed by atoms with Gasteiger partial charge in [-0.3, -0.25) is 9.36 Å². The molecule has 40 heavy (non-hydrogen) atoms. The highest BCUT2D eigenvalue weighted by Gasteiger charge is 2.25. The molecule has 0 atom stereocenters. The van der Waals surface area contributed by atoms with Gasteiger partial charge in [0.15, 0.2) is 0 Å². The molecule has 0 unspecified atom stereocenters. The molecule has 0 bridgehead atoms. The molecule has 6 rings (SSSR count). The summed E-state index contributed by atoms with van der Waals surface area (Å²) in [7, 11) is 0. The maximum Gasteiger partial charge on any atom is 0.268 e. The normalized spacial score (nSPS) is 16.3. The van der Waals surface area contributed by atoms with Gasteiger partial charge in [0.25, 0.3) is 5.56 Å². The number of piperidine rings is 1. The number of hydrogen-bond acceptors (Lipinski definition) is 5. The molecule has 6 nitrogen and oxygen atoms in total. The number of benzene rings is 2. The third kappa shape index (κ3) is 6.06. The average Bonchev–Trinajstić information content (AvgIpc) is 3.52. The minimum atomic E-state index is -0.0631. The Bertz CT molecular complexity index is 1580. The van der Waals surface area contributed by atoms with Crippen LogP contribution in [0.1, 0.15) is 61.3 Å². The van der Waals surface area contributed by atoms with Gasteiger partial charge in [0.05, 0.1) is 5.56 Å². The predicted molar refractivity (Wildman–Crippen MR) is 162 cm³/mol. The monoisotopic (exact) mass is 551 g/mol. The van der Waals surface area contributed by atoms with E-state index in [2.05, 4.69) is 52.4 Å². The van der Waals surface area contributed by atoms with Crippen LogP contribution in [0.15, 0.2) is 71.7 Å². The zero-order chi connectivity index (χ0) is 27.3. The maximum atomic E-state index is 13.7. The van der Waals surface area contributed by atoms with Crippen molar-refractivity contribution in [1.29, 1.82) is 0 Å². The lowest BCUT2D eigenvalue weighted by atomic mass is 10.0. The molecule has 0 amide bonds. The molecule has 0 radical (unpaired) electrons. The number of aromatic nitrogens is 3. The van der Waals surface area contributed by atoms with Crippen LogP contribution in [0.2, 0.25) is 5.02 Å². The van der Waals surface area contributed by atoms with Crippen molar-refractivity contribution in [3.05, 3.63) is 98.9 Å². The van der Waals surface area contributed by atoms with Gasteiger partial charge in [-0.25, -0.2) is 4.98 Å². The fraction of sp³-hybridized carbons (Fsp3) is 0.364. The van der Waals surface area contributed by atoms with Crippen molar-refractivity contribution in [2.75, 3.05) is 24.5 Å². The van der Waals surface area contributed by atoms with Crippen LogP contribution in [-0.4, -0.2) is 40.2 Å². The molecule has 2 aromatic heterocycles. The number of pyridine rings is 1. The third-order valence-electron chi connectivity index (χ3n) is 8.10. The Morgan fingerprint density at radius 3 is 2.45 bits per heavy atom. The van der Waals surface area contributed by atoms with Crippen LogP contribution in [0.25, 0.3) is 11.0 Å².